The fraction of sp³-hybridized carbons (Fsp3) is 0.125. The van der Waals surface area contributed by atoms with E-state index in [-0.39, 0.29) is 11.3 Å². The third-order valence-electron chi connectivity index (χ3n) is 5.12. The second-order valence-corrected chi connectivity index (χ2v) is 7.02. The largest absolute Gasteiger partial charge is 0.507 e. The Morgan fingerprint density at radius 1 is 1.03 bits per heavy atom. The molecule has 1 amide bonds. The highest BCUT2D eigenvalue weighted by Crippen LogP contribution is 2.42. The van der Waals surface area contributed by atoms with Gasteiger partial charge in [0.05, 0.1) is 18.7 Å². The Hall–Kier alpha value is -3.93. The number of hydrogen-bond acceptors (Lipinski definition) is 5. The topological polar surface area (TPSA) is 79.7 Å². The van der Waals surface area contributed by atoms with Crippen LogP contribution in [0.5, 0.6) is 5.75 Å². The number of ketones is 1. The lowest BCUT2D eigenvalue weighted by Gasteiger charge is -2.25. The van der Waals surface area contributed by atoms with Gasteiger partial charge in [-0.1, -0.05) is 29.8 Å². The van der Waals surface area contributed by atoms with E-state index in [2.05, 4.69) is 4.98 Å². The molecule has 1 N–H and O–H groups in total. The predicted octanol–water partition coefficient (Wildman–Crippen LogP) is 4.02. The normalized spacial score (nSPS) is 17.9. The molecule has 150 valence electrons. The number of aryl methyl sites for hydroxylation is 1. The van der Waals surface area contributed by atoms with Gasteiger partial charge in [-0.25, -0.2) is 0 Å². The molecule has 1 saturated heterocycles. The Bertz CT molecular complexity index is 1140. The lowest BCUT2D eigenvalue weighted by atomic mass is 9.95. The van der Waals surface area contributed by atoms with Gasteiger partial charge in [0.1, 0.15) is 11.5 Å². The van der Waals surface area contributed by atoms with E-state index in [1.807, 2.05) is 19.1 Å². The van der Waals surface area contributed by atoms with Crippen LogP contribution in [0.1, 0.15) is 22.7 Å². The van der Waals surface area contributed by atoms with Crippen LogP contribution >= 0.6 is 0 Å². The van der Waals surface area contributed by atoms with Gasteiger partial charge >= 0.3 is 0 Å². The number of rotatable bonds is 4. The van der Waals surface area contributed by atoms with E-state index in [9.17, 15) is 14.7 Å². The third-order valence-corrected chi connectivity index (χ3v) is 5.12. The molecular formula is C24H20N2O4. The van der Waals surface area contributed by atoms with Crippen molar-refractivity contribution < 1.29 is 19.4 Å². The summed E-state index contributed by atoms with van der Waals surface area (Å²) in [6, 6.07) is 16.9. The second kappa shape index (κ2) is 7.83. The number of carbonyl (C=O) groups excluding carboxylic acids is 2. The van der Waals surface area contributed by atoms with E-state index in [0.29, 0.717) is 22.6 Å². The smallest absolute Gasteiger partial charge is 0.300 e. The van der Waals surface area contributed by atoms with Crippen molar-refractivity contribution in [1.29, 1.82) is 0 Å². The first kappa shape index (κ1) is 19.4. The van der Waals surface area contributed by atoms with Crippen molar-refractivity contribution in [2.24, 2.45) is 0 Å². The van der Waals surface area contributed by atoms with Gasteiger partial charge in [-0.05, 0) is 48.9 Å². The van der Waals surface area contributed by atoms with Crippen molar-refractivity contribution in [2.75, 3.05) is 12.0 Å². The minimum atomic E-state index is -0.795. The van der Waals surface area contributed by atoms with Crippen LogP contribution in [0.3, 0.4) is 0 Å². The number of nitrogens with zero attached hydrogens (tertiary/aromatic N) is 2. The summed E-state index contributed by atoms with van der Waals surface area (Å²) in [5.41, 5.74) is 2.71. The van der Waals surface area contributed by atoms with Crippen molar-refractivity contribution in [3.8, 4) is 5.75 Å². The molecule has 1 unspecified atom stereocenters. The van der Waals surface area contributed by atoms with Crippen molar-refractivity contribution >= 4 is 23.1 Å². The molecule has 0 saturated carbocycles. The van der Waals surface area contributed by atoms with Crippen LogP contribution in [0.4, 0.5) is 5.69 Å². The molecule has 30 heavy (non-hydrogen) atoms. The molecule has 1 aliphatic heterocycles. The summed E-state index contributed by atoms with van der Waals surface area (Å²) in [6.07, 6.45) is 3.04. The lowest BCUT2D eigenvalue weighted by Crippen LogP contribution is -2.29. The van der Waals surface area contributed by atoms with Crippen LogP contribution in [0.25, 0.3) is 5.76 Å². The molecule has 0 aliphatic carbocycles. The van der Waals surface area contributed by atoms with E-state index in [4.69, 9.17) is 4.74 Å². The highest BCUT2D eigenvalue weighted by Gasteiger charge is 2.47. The average molecular weight is 400 g/mol. The van der Waals surface area contributed by atoms with Crippen LogP contribution in [-0.4, -0.2) is 28.9 Å². The van der Waals surface area contributed by atoms with Crippen molar-refractivity contribution in [3.05, 3.63) is 95.3 Å². The number of pyridine rings is 1. The molecule has 6 nitrogen and oxygen atoms in total. The molecule has 1 aromatic heterocycles. The average Bonchev–Trinajstić information content (AvgIpc) is 3.05. The van der Waals surface area contributed by atoms with Crippen LogP contribution in [0.2, 0.25) is 0 Å². The molecule has 2 aromatic carbocycles. The number of aromatic nitrogens is 1. The van der Waals surface area contributed by atoms with Crippen LogP contribution < -0.4 is 9.64 Å². The van der Waals surface area contributed by atoms with Crippen molar-refractivity contribution in [1.82, 2.24) is 4.98 Å². The molecule has 0 radical (unpaired) electrons. The van der Waals surface area contributed by atoms with E-state index in [0.717, 1.165) is 5.56 Å². The molecule has 1 atom stereocenters. The number of amides is 1. The number of methoxy groups -OCH3 is 1. The Balaban J connectivity index is 1.95. The SMILES string of the molecule is COc1cccc(C2/C(=C(/O)c3ccncc3)C(=O)C(=O)N2c2ccc(C)cc2)c1. The van der Waals surface area contributed by atoms with Crippen LogP contribution in [0.15, 0.2) is 78.6 Å². The number of Topliss-reactive ketones (excluding diaryl/α,β-unsaturated/α-hetero) is 1. The number of ether oxygens (including phenoxy) is 1. The molecule has 2 heterocycles. The Labute approximate surface area is 174 Å². The predicted molar refractivity (Wildman–Crippen MR) is 113 cm³/mol. The van der Waals surface area contributed by atoms with E-state index >= 15 is 0 Å². The highest BCUT2D eigenvalue weighted by atomic mass is 16.5. The molecule has 3 aromatic rings. The number of hydrogen-bond donors (Lipinski definition) is 1. The number of anilines is 1. The summed E-state index contributed by atoms with van der Waals surface area (Å²) in [6.45, 7) is 1.95. The molecule has 1 fully saturated rings. The summed E-state index contributed by atoms with van der Waals surface area (Å²) in [7, 11) is 1.55. The van der Waals surface area contributed by atoms with Gasteiger partial charge in [-0.15, -0.1) is 0 Å². The lowest BCUT2D eigenvalue weighted by molar-refractivity contribution is -0.132. The second-order valence-electron chi connectivity index (χ2n) is 7.02. The molecule has 4 rings (SSSR count). The Kier molecular flexibility index (Phi) is 5.06. The first-order chi connectivity index (χ1) is 14.5. The third kappa shape index (κ3) is 3.33. The zero-order chi connectivity index (χ0) is 21.3. The fourth-order valence-corrected chi connectivity index (χ4v) is 3.60. The van der Waals surface area contributed by atoms with Gasteiger partial charge in [0, 0.05) is 23.6 Å². The summed E-state index contributed by atoms with van der Waals surface area (Å²) in [5.74, 6) is -1.08. The quantitative estimate of drug-likeness (QED) is 0.406. The molecule has 0 spiro atoms. The zero-order valence-electron chi connectivity index (χ0n) is 16.6. The molecule has 6 heteroatoms. The fourth-order valence-electron chi connectivity index (χ4n) is 3.60. The summed E-state index contributed by atoms with van der Waals surface area (Å²) in [4.78, 5) is 31.5. The van der Waals surface area contributed by atoms with E-state index in [1.54, 1.807) is 55.6 Å². The Morgan fingerprint density at radius 3 is 2.40 bits per heavy atom. The summed E-state index contributed by atoms with van der Waals surface area (Å²) >= 11 is 0. The number of benzene rings is 2. The van der Waals surface area contributed by atoms with E-state index in [1.165, 1.54) is 17.3 Å². The number of carbonyl (C=O) groups is 2. The van der Waals surface area contributed by atoms with Gasteiger partial charge in [0.2, 0.25) is 0 Å². The Morgan fingerprint density at radius 2 is 1.73 bits per heavy atom. The zero-order valence-corrected chi connectivity index (χ0v) is 16.6. The molecule has 0 bridgehead atoms. The minimum Gasteiger partial charge on any atom is -0.507 e. The first-order valence-electron chi connectivity index (χ1n) is 9.43. The van der Waals surface area contributed by atoms with Gasteiger partial charge in [-0.3, -0.25) is 19.5 Å². The summed E-state index contributed by atoms with van der Waals surface area (Å²) < 4.78 is 5.33. The first-order valence-corrected chi connectivity index (χ1v) is 9.43. The van der Waals surface area contributed by atoms with Gasteiger partial charge in [0.15, 0.2) is 0 Å². The van der Waals surface area contributed by atoms with Crippen molar-refractivity contribution in [3.63, 3.8) is 0 Å². The van der Waals surface area contributed by atoms with Gasteiger partial charge in [0.25, 0.3) is 11.7 Å². The molecular weight excluding hydrogens is 380 g/mol. The number of aliphatic hydroxyl groups excluding tert-OH is 1. The van der Waals surface area contributed by atoms with Crippen molar-refractivity contribution in [2.45, 2.75) is 13.0 Å². The summed E-state index contributed by atoms with van der Waals surface area (Å²) in [5, 5.41) is 11.0. The monoisotopic (exact) mass is 400 g/mol. The number of aliphatic hydroxyl groups is 1. The maximum Gasteiger partial charge on any atom is 0.300 e. The highest BCUT2D eigenvalue weighted by molar-refractivity contribution is 6.51. The van der Waals surface area contributed by atoms with E-state index < -0.39 is 17.7 Å². The maximum absolute atomic E-state index is 13.1. The molecule has 1 aliphatic rings. The van der Waals surface area contributed by atoms with Gasteiger partial charge in [-0.2, -0.15) is 0 Å². The minimum absolute atomic E-state index is 0.0278. The van der Waals surface area contributed by atoms with Gasteiger partial charge < -0.3 is 9.84 Å². The maximum atomic E-state index is 13.1. The van der Waals surface area contributed by atoms with Crippen LogP contribution in [0, 0.1) is 6.92 Å². The van der Waals surface area contributed by atoms with Crippen LogP contribution in [-0.2, 0) is 9.59 Å². The standard InChI is InChI=1S/C24H20N2O4/c1-15-6-8-18(9-7-15)26-21(17-4-3-5-19(14-17)30-2)20(23(28)24(26)29)22(27)16-10-12-25-13-11-16/h3-14,21,27H,1-2H3/b22-20-.